The van der Waals surface area contributed by atoms with Crippen LogP contribution in [-0.2, 0) is 23.1 Å². The highest BCUT2D eigenvalue weighted by atomic mass is 32.2. The van der Waals surface area contributed by atoms with Crippen molar-refractivity contribution in [1.82, 2.24) is 14.9 Å². The third kappa shape index (κ3) is 5.89. The summed E-state index contributed by atoms with van der Waals surface area (Å²) < 4.78 is 54.3. The van der Waals surface area contributed by atoms with Gasteiger partial charge in [-0.05, 0) is 29.3 Å². The van der Waals surface area contributed by atoms with Crippen molar-refractivity contribution in [3.8, 4) is 5.75 Å². The van der Waals surface area contributed by atoms with Gasteiger partial charge in [0.05, 0.1) is 4.90 Å². The minimum absolute atomic E-state index is 0.0241. The standard InChI is InChI=1S/C18H21F2N3O4S/c1-23(2)28(25,26)16-6-4-3-5-14(16)12-22-18(24)21-11-13-7-9-15(10-8-13)27-17(19)20/h3-10,17H,11-12H2,1-2H3,(H2,21,22,24). The number of ether oxygens (including phenoxy) is 1. The zero-order valence-corrected chi connectivity index (χ0v) is 16.2. The maximum Gasteiger partial charge on any atom is 0.387 e. The van der Waals surface area contributed by atoms with E-state index in [4.69, 9.17) is 0 Å². The van der Waals surface area contributed by atoms with E-state index in [1.807, 2.05) is 0 Å². The van der Waals surface area contributed by atoms with Crippen LogP contribution in [0, 0.1) is 0 Å². The molecule has 2 rings (SSSR count). The van der Waals surface area contributed by atoms with Crippen LogP contribution in [0.4, 0.5) is 13.6 Å². The van der Waals surface area contributed by atoms with E-state index in [2.05, 4.69) is 15.4 Å². The van der Waals surface area contributed by atoms with Crippen LogP contribution in [0.2, 0.25) is 0 Å². The lowest BCUT2D eigenvalue weighted by Crippen LogP contribution is -2.35. The van der Waals surface area contributed by atoms with Gasteiger partial charge >= 0.3 is 12.6 Å². The number of rotatable bonds is 8. The molecular formula is C18H21F2N3O4S. The Kier molecular flexibility index (Phi) is 7.30. The van der Waals surface area contributed by atoms with Crippen molar-refractivity contribution in [2.45, 2.75) is 24.6 Å². The van der Waals surface area contributed by atoms with Gasteiger partial charge in [-0.2, -0.15) is 8.78 Å². The lowest BCUT2D eigenvalue weighted by Gasteiger charge is -2.15. The van der Waals surface area contributed by atoms with Gasteiger partial charge in [0, 0.05) is 27.2 Å². The molecule has 0 aliphatic carbocycles. The Balaban J connectivity index is 1.92. The van der Waals surface area contributed by atoms with Crippen molar-refractivity contribution >= 4 is 16.1 Å². The van der Waals surface area contributed by atoms with Crippen molar-refractivity contribution in [3.05, 3.63) is 59.7 Å². The molecule has 2 aromatic carbocycles. The summed E-state index contributed by atoms with van der Waals surface area (Å²) in [6.07, 6.45) is 0. The monoisotopic (exact) mass is 413 g/mol. The number of sulfonamides is 1. The summed E-state index contributed by atoms with van der Waals surface area (Å²) in [7, 11) is -0.758. The molecule has 0 heterocycles. The molecule has 0 aromatic heterocycles. The van der Waals surface area contributed by atoms with Crippen LogP contribution in [0.3, 0.4) is 0 Å². The highest BCUT2D eigenvalue weighted by Gasteiger charge is 2.20. The van der Waals surface area contributed by atoms with E-state index in [9.17, 15) is 22.0 Å². The fraction of sp³-hybridized carbons (Fsp3) is 0.278. The second-order valence-corrected chi connectivity index (χ2v) is 8.07. The topological polar surface area (TPSA) is 87.7 Å². The molecule has 2 aromatic rings. The van der Waals surface area contributed by atoms with Crippen LogP contribution in [-0.4, -0.2) is 39.5 Å². The summed E-state index contributed by atoms with van der Waals surface area (Å²) in [4.78, 5) is 12.1. The van der Waals surface area contributed by atoms with Crippen LogP contribution in [0.5, 0.6) is 5.75 Å². The van der Waals surface area contributed by atoms with Crippen LogP contribution in [0.15, 0.2) is 53.4 Å². The van der Waals surface area contributed by atoms with Crippen LogP contribution < -0.4 is 15.4 Å². The van der Waals surface area contributed by atoms with Gasteiger partial charge in [-0.1, -0.05) is 30.3 Å². The van der Waals surface area contributed by atoms with Gasteiger partial charge < -0.3 is 15.4 Å². The van der Waals surface area contributed by atoms with Crippen LogP contribution in [0.25, 0.3) is 0 Å². The van der Waals surface area contributed by atoms with E-state index in [1.54, 1.807) is 30.3 Å². The smallest absolute Gasteiger partial charge is 0.387 e. The number of amides is 2. The Morgan fingerprint density at radius 2 is 1.64 bits per heavy atom. The number of carbonyl (C=O) groups is 1. The maximum atomic E-state index is 12.3. The molecule has 10 heteroatoms. The largest absolute Gasteiger partial charge is 0.435 e. The van der Waals surface area contributed by atoms with Gasteiger partial charge in [0.25, 0.3) is 0 Å². The minimum atomic E-state index is -3.63. The molecule has 0 aliphatic heterocycles. The van der Waals surface area contributed by atoms with Crippen LogP contribution >= 0.6 is 0 Å². The number of nitrogens with one attached hydrogen (secondary N) is 2. The number of nitrogens with zero attached hydrogens (tertiary/aromatic N) is 1. The number of hydrogen-bond donors (Lipinski definition) is 2. The average molecular weight is 413 g/mol. The van der Waals surface area contributed by atoms with E-state index >= 15 is 0 Å². The van der Waals surface area contributed by atoms with Gasteiger partial charge in [0.1, 0.15) is 5.75 Å². The summed E-state index contributed by atoms with van der Waals surface area (Å²) in [6, 6.07) is 11.8. The van der Waals surface area contributed by atoms with Gasteiger partial charge in [-0.15, -0.1) is 0 Å². The first kappa shape index (κ1) is 21.6. The molecule has 0 radical (unpaired) electrons. The molecule has 0 saturated carbocycles. The summed E-state index contributed by atoms with van der Waals surface area (Å²) in [5, 5.41) is 5.21. The zero-order chi connectivity index (χ0) is 20.7. The van der Waals surface area contributed by atoms with Gasteiger partial charge in [-0.3, -0.25) is 0 Å². The number of urea groups is 1. The molecule has 0 atom stereocenters. The first-order valence-corrected chi connectivity index (χ1v) is 9.70. The summed E-state index contributed by atoms with van der Waals surface area (Å²) in [5.41, 5.74) is 1.15. The van der Waals surface area contributed by atoms with Gasteiger partial charge in [0.15, 0.2) is 0 Å². The fourth-order valence-electron chi connectivity index (χ4n) is 2.31. The van der Waals surface area contributed by atoms with Crippen molar-refractivity contribution in [2.24, 2.45) is 0 Å². The lowest BCUT2D eigenvalue weighted by molar-refractivity contribution is -0.0498. The molecule has 28 heavy (non-hydrogen) atoms. The first-order valence-electron chi connectivity index (χ1n) is 8.26. The van der Waals surface area contributed by atoms with Crippen molar-refractivity contribution < 1.29 is 26.7 Å². The van der Waals surface area contributed by atoms with E-state index in [0.717, 1.165) is 4.31 Å². The molecule has 0 unspecified atom stereocenters. The van der Waals surface area contributed by atoms with Gasteiger partial charge in [0.2, 0.25) is 10.0 Å². The second kappa shape index (κ2) is 9.47. The molecule has 2 amide bonds. The average Bonchev–Trinajstić information content (AvgIpc) is 2.65. The number of benzene rings is 2. The Morgan fingerprint density at radius 1 is 1.04 bits per heavy atom. The Labute approximate surface area is 162 Å². The predicted octanol–water partition coefficient (Wildman–Crippen LogP) is 2.54. The Morgan fingerprint density at radius 3 is 2.25 bits per heavy atom. The van der Waals surface area contributed by atoms with E-state index in [0.29, 0.717) is 11.1 Å². The summed E-state index contributed by atoms with van der Waals surface area (Å²) >= 11 is 0. The van der Waals surface area contributed by atoms with E-state index in [1.165, 1.54) is 32.3 Å². The third-order valence-corrected chi connectivity index (χ3v) is 5.69. The quantitative estimate of drug-likeness (QED) is 0.696. The normalized spacial score (nSPS) is 11.5. The van der Waals surface area contributed by atoms with E-state index < -0.39 is 22.7 Å². The number of hydrogen-bond acceptors (Lipinski definition) is 4. The minimum Gasteiger partial charge on any atom is -0.435 e. The van der Waals surface area contributed by atoms with Crippen molar-refractivity contribution in [3.63, 3.8) is 0 Å². The Hall–Kier alpha value is -2.72. The molecule has 0 bridgehead atoms. The molecule has 152 valence electrons. The van der Waals surface area contributed by atoms with E-state index in [-0.39, 0.29) is 23.7 Å². The van der Waals surface area contributed by atoms with Crippen LogP contribution in [0.1, 0.15) is 11.1 Å². The summed E-state index contributed by atoms with van der Waals surface area (Å²) in [6.45, 7) is -2.71. The summed E-state index contributed by atoms with van der Waals surface area (Å²) in [5.74, 6) is 0.0295. The SMILES string of the molecule is CN(C)S(=O)(=O)c1ccccc1CNC(=O)NCc1ccc(OC(F)F)cc1. The second-order valence-electron chi connectivity index (χ2n) is 5.95. The van der Waals surface area contributed by atoms with Crippen molar-refractivity contribution in [2.75, 3.05) is 14.1 Å². The molecule has 0 saturated heterocycles. The highest BCUT2D eigenvalue weighted by Crippen LogP contribution is 2.18. The third-order valence-electron chi connectivity index (χ3n) is 3.77. The molecule has 7 nitrogen and oxygen atoms in total. The first-order chi connectivity index (χ1) is 13.2. The van der Waals surface area contributed by atoms with Gasteiger partial charge in [-0.25, -0.2) is 17.5 Å². The number of carbonyl (C=O) groups excluding carboxylic acids is 1. The highest BCUT2D eigenvalue weighted by molar-refractivity contribution is 7.89. The maximum absolute atomic E-state index is 12.3. The fourth-order valence-corrected chi connectivity index (χ4v) is 3.42. The van der Waals surface area contributed by atoms with Crippen molar-refractivity contribution in [1.29, 1.82) is 0 Å². The lowest BCUT2D eigenvalue weighted by atomic mass is 10.2. The Bertz CT molecular complexity index is 903. The number of halogens is 2. The number of alkyl halides is 2. The molecule has 0 spiro atoms. The molecule has 0 fully saturated rings. The molecular weight excluding hydrogens is 392 g/mol. The molecule has 2 N–H and O–H groups in total. The zero-order valence-electron chi connectivity index (χ0n) is 15.4. The predicted molar refractivity (Wildman–Crippen MR) is 99.5 cm³/mol. The molecule has 0 aliphatic rings.